The van der Waals surface area contributed by atoms with Gasteiger partial charge in [0.1, 0.15) is 6.04 Å². The minimum atomic E-state index is -0.164. The van der Waals surface area contributed by atoms with Crippen molar-refractivity contribution < 1.29 is 14.2 Å². The van der Waals surface area contributed by atoms with Gasteiger partial charge in [-0.3, -0.25) is 4.90 Å². The number of tetrazole rings is 1. The van der Waals surface area contributed by atoms with E-state index in [9.17, 15) is 0 Å². The highest BCUT2D eigenvalue weighted by molar-refractivity contribution is 5.62. The molecule has 0 spiro atoms. The maximum Gasteiger partial charge on any atom is 0.231 e. The summed E-state index contributed by atoms with van der Waals surface area (Å²) < 4.78 is 18.9. The molecular weight excluding hydrogens is 358 g/mol. The van der Waals surface area contributed by atoms with Crippen LogP contribution in [0.5, 0.6) is 17.2 Å². The molecule has 2 aliphatic heterocycles. The van der Waals surface area contributed by atoms with Gasteiger partial charge in [0.25, 0.3) is 0 Å². The number of methoxy groups -OCH3 is 1. The van der Waals surface area contributed by atoms with Gasteiger partial charge in [-0.25, -0.2) is 0 Å². The van der Waals surface area contributed by atoms with Crippen LogP contribution in [0.1, 0.15) is 28.6 Å². The third-order valence-corrected chi connectivity index (χ3v) is 5.48. The number of aryl methyl sites for hydroxylation is 1. The molecule has 1 aromatic heterocycles. The van der Waals surface area contributed by atoms with Gasteiger partial charge in [0.2, 0.25) is 12.5 Å². The molecule has 0 amide bonds. The lowest BCUT2D eigenvalue weighted by Crippen LogP contribution is -2.35. The van der Waals surface area contributed by atoms with Gasteiger partial charge in [0.05, 0.1) is 12.8 Å². The maximum absolute atomic E-state index is 5.79. The molecular formula is C20H21N5O3. The van der Waals surface area contributed by atoms with Crippen LogP contribution in [-0.4, -0.2) is 52.6 Å². The fraction of sp³-hybridized carbons (Fsp3) is 0.350. The van der Waals surface area contributed by atoms with E-state index < -0.39 is 0 Å². The lowest BCUT2D eigenvalue weighted by molar-refractivity contribution is 0.170. The molecule has 3 aromatic rings. The topological polar surface area (TPSA) is 74.5 Å². The van der Waals surface area contributed by atoms with Crippen LogP contribution >= 0.6 is 0 Å². The normalized spacial score (nSPS) is 18.2. The number of nitrogens with zero attached hydrogens (tertiary/aromatic N) is 5. The van der Waals surface area contributed by atoms with Gasteiger partial charge in [-0.1, -0.05) is 18.2 Å². The molecule has 0 unspecified atom stereocenters. The van der Waals surface area contributed by atoms with Gasteiger partial charge in [-0.15, -0.1) is 5.10 Å². The summed E-state index contributed by atoms with van der Waals surface area (Å²) in [5.41, 5.74) is 4.27. The number of rotatable bonds is 3. The summed E-state index contributed by atoms with van der Waals surface area (Å²) in [6, 6.07) is 9.97. The van der Waals surface area contributed by atoms with Crippen LogP contribution in [0.25, 0.3) is 5.69 Å². The third kappa shape index (κ3) is 2.45. The summed E-state index contributed by atoms with van der Waals surface area (Å²) in [7, 11) is 3.74. The Morgan fingerprint density at radius 2 is 2.07 bits per heavy atom. The van der Waals surface area contributed by atoms with Crippen molar-refractivity contribution in [3.63, 3.8) is 0 Å². The number of fused-ring (bicyclic) bond motifs is 2. The van der Waals surface area contributed by atoms with Crippen LogP contribution in [0.2, 0.25) is 0 Å². The predicted octanol–water partition coefficient (Wildman–Crippen LogP) is 2.29. The van der Waals surface area contributed by atoms with Crippen LogP contribution in [-0.2, 0) is 6.42 Å². The lowest BCUT2D eigenvalue weighted by Gasteiger charge is -2.34. The zero-order valence-corrected chi connectivity index (χ0v) is 16.0. The highest BCUT2D eigenvalue weighted by Gasteiger charge is 2.37. The summed E-state index contributed by atoms with van der Waals surface area (Å²) in [6.07, 6.45) is 0.890. The molecule has 0 aliphatic carbocycles. The van der Waals surface area contributed by atoms with Gasteiger partial charge in [-0.2, -0.15) is 4.68 Å². The summed E-state index contributed by atoms with van der Waals surface area (Å²) in [5, 5.41) is 12.7. The average molecular weight is 379 g/mol. The van der Waals surface area contributed by atoms with E-state index in [1.54, 1.807) is 7.11 Å². The SMILES string of the molecule is COc1c2c(cc3c1[C@H](c1nnnn1-c1ccccc1C)N(C)CC3)OCO2. The molecule has 0 bridgehead atoms. The first-order chi connectivity index (χ1) is 13.7. The van der Waals surface area contributed by atoms with Gasteiger partial charge in [-0.05, 0) is 54.1 Å². The number of aromatic nitrogens is 4. The number of ether oxygens (including phenoxy) is 3. The smallest absolute Gasteiger partial charge is 0.231 e. The first-order valence-electron chi connectivity index (χ1n) is 9.23. The number of hydrogen-bond donors (Lipinski definition) is 0. The van der Waals surface area contributed by atoms with Crippen molar-refractivity contribution in [3.8, 4) is 22.9 Å². The van der Waals surface area contributed by atoms with Crippen molar-refractivity contribution in [2.45, 2.75) is 19.4 Å². The zero-order valence-electron chi connectivity index (χ0n) is 16.0. The molecule has 0 saturated heterocycles. The summed E-state index contributed by atoms with van der Waals surface area (Å²) in [5.74, 6) is 2.82. The highest BCUT2D eigenvalue weighted by Crippen LogP contribution is 2.50. The molecule has 8 heteroatoms. The minimum absolute atomic E-state index is 0.164. The largest absolute Gasteiger partial charge is 0.492 e. The van der Waals surface area contributed by atoms with E-state index in [2.05, 4.69) is 46.5 Å². The van der Waals surface area contributed by atoms with Crippen LogP contribution in [0, 0.1) is 6.92 Å². The highest BCUT2D eigenvalue weighted by atomic mass is 16.7. The van der Waals surface area contributed by atoms with Crippen molar-refractivity contribution in [1.82, 2.24) is 25.1 Å². The average Bonchev–Trinajstić information content (AvgIpc) is 3.36. The van der Waals surface area contributed by atoms with Crippen molar-refractivity contribution >= 4 is 0 Å². The van der Waals surface area contributed by atoms with Gasteiger partial charge < -0.3 is 14.2 Å². The van der Waals surface area contributed by atoms with Crippen LogP contribution < -0.4 is 14.2 Å². The number of para-hydroxylation sites is 1. The monoisotopic (exact) mass is 379 g/mol. The van der Waals surface area contributed by atoms with E-state index in [0.717, 1.165) is 41.4 Å². The fourth-order valence-electron chi connectivity index (χ4n) is 4.10. The van der Waals surface area contributed by atoms with E-state index in [0.29, 0.717) is 11.5 Å². The number of hydrogen-bond acceptors (Lipinski definition) is 7. The van der Waals surface area contributed by atoms with Crippen molar-refractivity contribution in [3.05, 3.63) is 52.8 Å². The first kappa shape index (κ1) is 17.0. The van der Waals surface area contributed by atoms with E-state index in [4.69, 9.17) is 14.2 Å². The van der Waals surface area contributed by atoms with Gasteiger partial charge in [0.15, 0.2) is 17.3 Å². The zero-order chi connectivity index (χ0) is 19.3. The molecule has 144 valence electrons. The molecule has 8 nitrogen and oxygen atoms in total. The molecule has 2 aromatic carbocycles. The van der Waals surface area contributed by atoms with E-state index in [-0.39, 0.29) is 12.8 Å². The Balaban J connectivity index is 1.72. The molecule has 1 atom stereocenters. The minimum Gasteiger partial charge on any atom is -0.492 e. The molecule has 0 radical (unpaired) electrons. The van der Waals surface area contributed by atoms with Crippen LogP contribution in [0.4, 0.5) is 0 Å². The van der Waals surface area contributed by atoms with Gasteiger partial charge in [0, 0.05) is 12.1 Å². The molecule has 0 saturated carbocycles. The van der Waals surface area contributed by atoms with Gasteiger partial charge >= 0.3 is 0 Å². The summed E-state index contributed by atoms with van der Waals surface area (Å²) in [6.45, 7) is 3.13. The van der Waals surface area contributed by atoms with Crippen LogP contribution in [0.3, 0.4) is 0 Å². The second kappa shape index (κ2) is 6.49. The number of likely N-dealkylation sites (N-methyl/N-ethyl adjacent to an activating group) is 1. The summed E-state index contributed by atoms with van der Waals surface area (Å²) in [4.78, 5) is 2.24. The van der Waals surface area contributed by atoms with Crippen LogP contribution in [0.15, 0.2) is 30.3 Å². The Kier molecular flexibility index (Phi) is 3.94. The molecule has 3 heterocycles. The second-order valence-electron chi connectivity index (χ2n) is 7.08. The second-order valence-corrected chi connectivity index (χ2v) is 7.08. The first-order valence-corrected chi connectivity index (χ1v) is 9.23. The van der Waals surface area contributed by atoms with Crippen molar-refractivity contribution in [2.75, 3.05) is 27.5 Å². The Hall–Kier alpha value is -3.13. The Morgan fingerprint density at radius 3 is 2.89 bits per heavy atom. The lowest BCUT2D eigenvalue weighted by atomic mass is 9.90. The Labute approximate surface area is 162 Å². The number of benzene rings is 2. The molecule has 28 heavy (non-hydrogen) atoms. The fourth-order valence-corrected chi connectivity index (χ4v) is 4.10. The summed E-state index contributed by atoms with van der Waals surface area (Å²) >= 11 is 0. The molecule has 0 fully saturated rings. The molecule has 0 N–H and O–H groups in total. The quantitative estimate of drug-likeness (QED) is 0.691. The third-order valence-electron chi connectivity index (χ3n) is 5.48. The molecule has 2 aliphatic rings. The van der Waals surface area contributed by atoms with E-state index in [1.807, 2.05) is 22.9 Å². The van der Waals surface area contributed by atoms with Crippen molar-refractivity contribution in [1.29, 1.82) is 0 Å². The Bertz CT molecular complexity index is 1050. The van der Waals surface area contributed by atoms with E-state index >= 15 is 0 Å². The standard InChI is InChI=1S/C20H21N5O3/c1-12-6-4-5-7-14(12)25-20(21-22-23-25)17-16-13(8-9-24(17)2)10-15-18(19(16)26-3)28-11-27-15/h4-7,10,17H,8-9,11H2,1-3H3/t17-/m1/s1. The van der Waals surface area contributed by atoms with E-state index in [1.165, 1.54) is 5.56 Å². The maximum atomic E-state index is 5.79. The predicted molar refractivity (Wildman–Crippen MR) is 101 cm³/mol. The Morgan fingerprint density at radius 1 is 1.21 bits per heavy atom. The molecule has 5 rings (SSSR count). The van der Waals surface area contributed by atoms with Crippen molar-refractivity contribution in [2.24, 2.45) is 0 Å².